The van der Waals surface area contributed by atoms with Crippen molar-refractivity contribution in [3.05, 3.63) is 0 Å². The van der Waals surface area contributed by atoms with E-state index in [1.165, 1.54) is 0 Å². The molecule has 0 saturated carbocycles. The number of carbonyl (C=O) groups is 2. The van der Waals surface area contributed by atoms with Crippen LogP contribution in [0.25, 0.3) is 0 Å². The van der Waals surface area contributed by atoms with Gasteiger partial charge in [0.1, 0.15) is 0 Å². The molecule has 0 aliphatic rings. The fourth-order valence-corrected chi connectivity index (χ4v) is 1.57. The lowest BCUT2D eigenvalue weighted by Crippen LogP contribution is -2.38. The Morgan fingerprint density at radius 1 is 1.17 bits per heavy atom. The average molecular weight is 259 g/mol. The van der Waals surface area contributed by atoms with Crippen LogP contribution in [0, 0.1) is 0 Å². The van der Waals surface area contributed by atoms with Crippen LogP contribution in [-0.2, 0) is 14.3 Å². The number of carboxylic acid groups (broad SMARTS) is 1. The molecule has 0 heterocycles. The van der Waals surface area contributed by atoms with Crippen LogP contribution in [0.2, 0.25) is 0 Å². The second-order valence-electron chi connectivity index (χ2n) is 4.85. The summed E-state index contributed by atoms with van der Waals surface area (Å²) >= 11 is 0. The lowest BCUT2D eigenvalue weighted by atomic mass is 10.2. The Bertz CT molecular complexity index is 264. The van der Waals surface area contributed by atoms with E-state index in [2.05, 4.69) is 0 Å². The maximum absolute atomic E-state index is 11.9. The number of hydrogen-bond acceptors (Lipinski definition) is 3. The number of carboxylic acids is 1. The molecule has 0 aromatic heterocycles. The molecule has 0 spiro atoms. The minimum atomic E-state index is -0.878. The fraction of sp³-hybridized carbons (Fsp3) is 0.846. The Morgan fingerprint density at radius 2 is 1.78 bits per heavy atom. The Labute approximate surface area is 109 Å². The van der Waals surface area contributed by atoms with Gasteiger partial charge in [0.2, 0.25) is 5.91 Å². The summed E-state index contributed by atoms with van der Waals surface area (Å²) in [6, 6.07) is 0.0304. The van der Waals surface area contributed by atoms with Crippen LogP contribution >= 0.6 is 0 Å². The molecule has 18 heavy (non-hydrogen) atoms. The van der Waals surface area contributed by atoms with Crippen molar-refractivity contribution >= 4 is 11.9 Å². The first-order chi connectivity index (χ1) is 8.34. The fourth-order valence-electron chi connectivity index (χ4n) is 1.57. The lowest BCUT2D eigenvalue weighted by Gasteiger charge is -2.26. The van der Waals surface area contributed by atoms with Crippen LogP contribution in [0.3, 0.4) is 0 Å². The monoisotopic (exact) mass is 259 g/mol. The molecule has 0 aliphatic carbocycles. The summed E-state index contributed by atoms with van der Waals surface area (Å²) in [5.41, 5.74) is 0. The molecule has 1 amide bonds. The Hall–Kier alpha value is -1.10. The highest BCUT2D eigenvalue weighted by molar-refractivity contribution is 5.77. The third kappa shape index (κ3) is 8.06. The van der Waals surface area contributed by atoms with Gasteiger partial charge in [-0.05, 0) is 34.1 Å². The zero-order chi connectivity index (χ0) is 14.1. The van der Waals surface area contributed by atoms with Gasteiger partial charge in [-0.15, -0.1) is 0 Å². The molecule has 0 unspecified atom stereocenters. The standard InChI is InChI=1S/C13H25NO4/c1-10(2)14(8-7-13(16)17)12(15)6-5-9-18-11(3)4/h10-11H,5-9H2,1-4H3,(H,16,17). The zero-order valence-electron chi connectivity index (χ0n) is 11.8. The number of nitrogens with zero attached hydrogens (tertiary/aromatic N) is 1. The summed E-state index contributed by atoms with van der Waals surface area (Å²) in [5, 5.41) is 8.64. The molecular weight excluding hydrogens is 234 g/mol. The summed E-state index contributed by atoms with van der Waals surface area (Å²) in [7, 11) is 0. The van der Waals surface area contributed by atoms with E-state index in [0.29, 0.717) is 19.4 Å². The van der Waals surface area contributed by atoms with Gasteiger partial charge >= 0.3 is 5.97 Å². The van der Waals surface area contributed by atoms with Crippen molar-refractivity contribution in [2.75, 3.05) is 13.2 Å². The van der Waals surface area contributed by atoms with E-state index >= 15 is 0 Å². The molecule has 5 nitrogen and oxygen atoms in total. The van der Waals surface area contributed by atoms with Crippen molar-refractivity contribution in [2.45, 2.75) is 59.1 Å². The van der Waals surface area contributed by atoms with Gasteiger partial charge in [-0.1, -0.05) is 0 Å². The quantitative estimate of drug-likeness (QED) is 0.642. The predicted octanol–water partition coefficient (Wildman–Crippen LogP) is 1.90. The highest BCUT2D eigenvalue weighted by Gasteiger charge is 2.17. The van der Waals surface area contributed by atoms with Crippen molar-refractivity contribution in [1.82, 2.24) is 4.90 Å². The summed E-state index contributed by atoms with van der Waals surface area (Å²) in [4.78, 5) is 24.1. The number of carbonyl (C=O) groups excluding carboxylic acids is 1. The van der Waals surface area contributed by atoms with Gasteiger partial charge < -0.3 is 14.7 Å². The van der Waals surface area contributed by atoms with Crippen LogP contribution in [-0.4, -0.2) is 47.2 Å². The molecule has 5 heteroatoms. The molecule has 0 bridgehead atoms. The maximum atomic E-state index is 11.9. The molecule has 0 atom stereocenters. The van der Waals surface area contributed by atoms with Crippen molar-refractivity contribution in [1.29, 1.82) is 0 Å². The largest absolute Gasteiger partial charge is 0.481 e. The summed E-state index contributed by atoms with van der Waals surface area (Å²) in [5.74, 6) is -0.879. The van der Waals surface area contributed by atoms with Crippen LogP contribution in [0.1, 0.15) is 47.0 Å². The van der Waals surface area contributed by atoms with Crippen LogP contribution in [0.5, 0.6) is 0 Å². The van der Waals surface area contributed by atoms with Gasteiger partial charge in [-0.2, -0.15) is 0 Å². The van der Waals surface area contributed by atoms with Crippen LogP contribution < -0.4 is 0 Å². The van der Waals surface area contributed by atoms with Crippen LogP contribution in [0.15, 0.2) is 0 Å². The molecule has 0 fully saturated rings. The first kappa shape index (κ1) is 16.9. The molecule has 0 aliphatic heterocycles. The van der Waals surface area contributed by atoms with Gasteiger partial charge in [0.15, 0.2) is 0 Å². The smallest absolute Gasteiger partial charge is 0.305 e. The number of rotatable bonds is 9. The Kier molecular flexibility index (Phi) is 8.37. The first-order valence-electron chi connectivity index (χ1n) is 6.47. The maximum Gasteiger partial charge on any atom is 0.305 e. The first-order valence-corrected chi connectivity index (χ1v) is 6.47. The molecule has 0 aromatic rings. The molecule has 0 rings (SSSR count). The van der Waals surface area contributed by atoms with E-state index < -0.39 is 5.97 Å². The highest BCUT2D eigenvalue weighted by Crippen LogP contribution is 2.06. The van der Waals surface area contributed by atoms with Crippen molar-refractivity contribution in [3.63, 3.8) is 0 Å². The minimum Gasteiger partial charge on any atom is -0.481 e. The average Bonchev–Trinajstić information content (AvgIpc) is 2.23. The molecule has 0 saturated heterocycles. The third-order valence-corrected chi connectivity index (χ3v) is 2.50. The number of amides is 1. The summed E-state index contributed by atoms with van der Waals surface area (Å²) in [6.07, 6.45) is 1.25. The SMILES string of the molecule is CC(C)OCCCC(=O)N(CCC(=O)O)C(C)C. The van der Waals surface area contributed by atoms with Gasteiger partial charge in [0.25, 0.3) is 0 Å². The van der Waals surface area contributed by atoms with E-state index in [0.717, 1.165) is 0 Å². The van der Waals surface area contributed by atoms with Crippen molar-refractivity contribution in [2.24, 2.45) is 0 Å². The van der Waals surface area contributed by atoms with Crippen molar-refractivity contribution < 1.29 is 19.4 Å². The third-order valence-electron chi connectivity index (χ3n) is 2.50. The minimum absolute atomic E-state index is 0.00129. The Morgan fingerprint density at radius 3 is 2.22 bits per heavy atom. The molecule has 0 radical (unpaired) electrons. The van der Waals surface area contributed by atoms with Gasteiger partial charge in [-0.25, -0.2) is 0 Å². The number of ether oxygens (including phenoxy) is 1. The van der Waals surface area contributed by atoms with E-state index in [1.807, 2.05) is 27.7 Å². The molecule has 106 valence electrons. The lowest BCUT2D eigenvalue weighted by molar-refractivity contribution is -0.139. The molecule has 0 aromatic carbocycles. The van der Waals surface area contributed by atoms with E-state index in [1.54, 1.807) is 4.90 Å². The van der Waals surface area contributed by atoms with E-state index in [9.17, 15) is 9.59 Å². The predicted molar refractivity (Wildman–Crippen MR) is 69.4 cm³/mol. The van der Waals surface area contributed by atoms with E-state index in [-0.39, 0.29) is 31.0 Å². The van der Waals surface area contributed by atoms with Gasteiger partial charge in [0.05, 0.1) is 12.5 Å². The van der Waals surface area contributed by atoms with Crippen molar-refractivity contribution in [3.8, 4) is 0 Å². The normalized spacial score (nSPS) is 11.0. The zero-order valence-corrected chi connectivity index (χ0v) is 11.8. The van der Waals surface area contributed by atoms with Gasteiger partial charge in [-0.3, -0.25) is 9.59 Å². The molecular formula is C13H25NO4. The second-order valence-corrected chi connectivity index (χ2v) is 4.85. The van der Waals surface area contributed by atoms with Gasteiger partial charge in [0, 0.05) is 25.6 Å². The summed E-state index contributed by atoms with van der Waals surface area (Å²) < 4.78 is 5.37. The highest BCUT2D eigenvalue weighted by atomic mass is 16.5. The second kappa shape index (κ2) is 8.91. The molecule has 1 N–H and O–H groups in total. The number of aliphatic carboxylic acids is 1. The topological polar surface area (TPSA) is 66.8 Å². The number of hydrogen-bond donors (Lipinski definition) is 1. The Balaban J connectivity index is 4.02. The van der Waals surface area contributed by atoms with E-state index in [4.69, 9.17) is 9.84 Å². The van der Waals surface area contributed by atoms with Crippen LogP contribution in [0.4, 0.5) is 0 Å². The summed E-state index contributed by atoms with van der Waals surface area (Å²) in [6.45, 7) is 8.53.